The molecule has 2 aliphatic carbocycles. The minimum absolute atomic E-state index is 0.0998. The maximum Gasteiger partial charge on any atom is 0.328 e. The molecule has 2 saturated carbocycles. The number of aliphatic hydroxyl groups is 1. The summed E-state index contributed by atoms with van der Waals surface area (Å²) >= 11 is 0. The molecule has 1 aromatic rings. The fourth-order valence-electron chi connectivity index (χ4n) is 6.98. The Kier molecular flexibility index (Phi) is 7.48. The third kappa shape index (κ3) is 5.15. The maximum atomic E-state index is 13.1. The molecular weight excluding hydrogens is 476 g/mol. The van der Waals surface area contributed by atoms with Gasteiger partial charge in [0.25, 0.3) is 0 Å². The van der Waals surface area contributed by atoms with Crippen molar-refractivity contribution < 1.29 is 34.4 Å². The van der Waals surface area contributed by atoms with Gasteiger partial charge < -0.3 is 30.3 Å². The molecule has 2 amide bonds. The number of ether oxygens (including phenoxy) is 1. The van der Waals surface area contributed by atoms with E-state index in [-0.39, 0.29) is 17.9 Å². The Labute approximate surface area is 218 Å². The fourth-order valence-corrected chi connectivity index (χ4v) is 6.98. The Morgan fingerprint density at radius 3 is 2.54 bits per heavy atom. The van der Waals surface area contributed by atoms with Gasteiger partial charge >= 0.3 is 5.97 Å². The molecule has 6 atom stereocenters. The molecule has 204 valence electrons. The summed E-state index contributed by atoms with van der Waals surface area (Å²) in [6, 6.07) is 2.42. The Bertz CT molecular complexity index is 1060. The Balaban J connectivity index is 1.24. The van der Waals surface area contributed by atoms with Crippen molar-refractivity contribution in [1.29, 1.82) is 0 Å². The number of benzene rings is 1. The second-order valence-electron chi connectivity index (χ2n) is 11.8. The zero-order valence-electron chi connectivity index (χ0n) is 22.2. The normalized spacial score (nSPS) is 29.3. The first-order chi connectivity index (χ1) is 17.4. The van der Waals surface area contributed by atoms with Gasteiger partial charge in [-0.15, -0.1) is 0 Å². The van der Waals surface area contributed by atoms with Gasteiger partial charge in [0, 0.05) is 13.0 Å². The highest BCUT2D eigenvalue weighted by atomic mass is 16.5. The lowest BCUT2D eigenvalue weighted by atomic mass is 9.88. The third-order valence-electron chi connectivity index (χ3n) is 9.40. The van der Waals surface area contributed by atoms with Gasteiger partial charge in [0.15, 0.2) is 11.5 Å². The van der Waals surface area contributed by atoms with Gasteiger partial charge in [-0.3, -0.25) is 9.59 Å². The number of nitrogens with one attached hydrogen (secondary N) is 1. The minimum atomic E-state index is -1.45. The van der Waals surface area contributed by atoms with Crippen molar-refractivity contribution >= 4 is 17.8 Å². The number of carbonyl (C=O) groups excluding carboxylic acids is 3. The summed E-state index contributed by atoms with van der Waals surface area (Å²) < 4.78 is 5.62. The number of likely N-dealkylation sites (tertiary alicyclic amines) is 1. The number of fused-ring (bicyclic) bond motifs is 1. The predicted molar refractivity (Wildman–Crippen MR) is 136 cm³/mol. The van der Waals surface area contributed by atoms with E-state index in [4.69, 9.17) is 4.74 Å². The fraction of sp³-hybridized carbons (Fsp3) is 0.679. The molecule has 4 rings (SSSR count). The number of phenols is 2. The summed E-state index contributed by atoms with van der Waals surface area (Å²) in [5.41, 5.74) is 1.22. The van der Waals surface area contributed by atoms with Gasteiger partial charge in [-0.2, -0.15) is 0 Å². The lowest BCUT2D eigenvalue weighted by Crippen LogP contribution is -2.52. The molecule has 1 aromatic carbocycles. The molecular formula is C28H40N2O7. The molecule has 1 heterocycles. The Morgan fingerprint density at radius 2 is 1.89 bits per heavy atom. The van der Waals surface area contributed by atoms with Crippen LogP contribution in [0.1, 0.15) is 65.4 Å². The molecule has 0 aromatic heterocycles. The van der Waals surface area contributed by atoms with E-state index in [2.05, 4.69) is 26.1 Å². The van der Waals surface area contributed by atoms with Crippen LogP contribution < -0.4 is 5.32 Å². The van der Waals surface area contributed by atoms with E-state index in [0.717, 1.165) is 6.42 Å². The van der Waals surface area contributed by atoms with Crippen LogP contribution in [0.15, 0.2) is 18.2 Å². The van der Waals surface area contributed by atoms with Crippen molar-refractivity contribution in [2.45, 2.75) is 84.4 Å². The lowest BCUT2D eigenvalue weighted by molar-refractivity contribution is -0.154. The molecule has 0 radical (unpaired) electrons. The molecule has 4 N–H and O–H groups in total. The summed E-state index contributed by atoms with van der Waals surface area (Å²) in [5.74, 6) is -0.920. The Hall–Kier alpha value is -2.81. The van der Waals surface area contributed by atoms with Crippen molar-refractivity contribution in [2.24, 2.45) is 22.7 Å². The van der Waals surface area contributed by atoms with Crippen LogP contribution in [0.3, 0.4) is 0 Å². The van der Waals surface area contributed by atoms with Crippen molar-refractivity contribution in [3.05, 3.63) is 23.8 Å². The zero-order chi connectivity index (χ0) is 27.1. The smallest absolute Gasteiger partial charge is 0.328 e. The van der Waals surface area contributed by atoms with Crippen LogP contribution in [0.4, 0.5) is 0 Å². The second kappa shape index (κ2) is 10.2. The van der Waals surface area contributed by atoms with Crippen molar-refractivity contribution in [3.63, 3.8) is 0 Å². The molecule has 6 unspecified atom stereocenters. The van der Waals surface area contributed by atoms with E-state index in [9.17, 15) is 29.7 Å². The SMILES string of the molecule is CC(NC(=O)C(O)Cc1ccc(O)c(O)c1)C(=O)N1CCCC1C(=O)OCCC1CCC2(C)C1C2(C)C. The topological polar surface area (TPSA) is 136 Å². The van der Waals surface area contributed by atoms with Gasteiger partial charge in [0.05, 0.1) is 6.61 Å². The predicted octanol–water partition coefficient (Wildman–Crippen LogP) is 2.50. The van der Waals surface area contributed by atoms with Gasteiger partial charge in [-0.25, -0.2) is 4.79 Å². The van der Waals surface area contributed by atoms with Crippen LogP contribution in [0, 0.1) is 22.7 Å². The van der Waals surface area contributed by atoms with E-state index in [0.29, 0.717) is 54.2 Å². The summed E-state index contributed by atoms with van der Waals surface area (Å²) in [5, 5.41) is 31.8. The number of carbonyl (C=O) groups is 3. The van der Waals surface area contributed by atoms with Gasteiger partial charge in [0.1, 0.15) is 18.2 Å². The number of phenolic OH excluding ortho intramolecular Hbond substituents is 2. The van der Waals surface area contributed by atoms with Crippen LogP contribution in [-0.2, 0) is 25.5 Å². The third-order valence-corrected chi connectivity index (χ3v) is 9.40. The van der Waals surface area contributed by atoms with Gasteiger partial charge in [-0.05, 0) is 79.4 Å². The van der Waals surface area contributed by atoms with Crippen molar-refractivity contribution in [3.8, 4) is 11.5 Å². The maximum absolute atomic E-state index is 13.1. The molecule has 37 heavy (non-hydrogen) atoms. The summed E-state index contributed by atoms with van der Waals surface area (Å²) in [7, 11) is 0. The molecule has 0 bridgehead atoms. The molecule has 3 aliphatic rings. The first-order valence-electron chi connectivity index (χ1n) is 13.3. The number of amides is 2. The number of hydrogen-bond acceptors (Lipinski definition) is 7. The highest BCUT2D eigenvalue weighted by Gasteiger charge is 2.72. The van der Waals surface area contributed by atoms with E-state index < -0.39 is 36.0 Å². The van der Waals surface area contributed by atoms with E-state index in [1.807, 2.05) is 0 Å². The van der Waals surface area contributed by atoms with Crippen LogP contribution in [0.5, 0.6) is 11.5 Å². The highest BCUT2D eigenvalue weighted by molar-refractivity contribution is 5.92. The molecule has 0 spiro atoms. The number of esters is 1. The van der Waals surface area contributed by atoms with E-state index >= 15 is 0 Å². The number of aliphatic hydroxyl groups excluding tert-OH is 1. The first kappa shape index (κ1) is 27.2. The summed E-state index contributed by atoms with van der Waals surface area (Å²) in [6.07, 6.45) is 2.90. The quantitative estimate of drug-likeness (QED) is 0.292. The van der Waals surface area contributed by atoms with Gasteiger partial charge in [-0.1, -0.05) is 26.8 Å². The molecule has 3 fully saturated rings. The molecule has 1 aliphatic heterocycles. The van der Waals surface area contributed by atoms with Crippen LogP contribution >= 0.6 is 0 Å². The molecule has 9 heteroatoms. The molecule has 9 nitrogen and oxygen atoms in total. The van der Waals surface area contributed by atoms with Gasteiger partial charge in [0.2, 0.25) is 11.8 Å². The van der Waals surface area contributed by atoms with Crippen LogP contribution in [-0.4, -0.2) is 69.3 Å². The van der Waals surface area contributed by atoms with Crippen molar-refractivity contribution in [1.82, 2.24) is 10.2 Å². The average Bonchev–Trinajstić information content (AvgIpc) is 3.26. The zero-order valence-corrected chi connectivity index (χ0v) is 22.2. The minimum Gasteiger partial charge on any atom is -0.504 e. The number of rotatable bonds is 9. The highest BCUT2D eigenvalue weighted by Crippen LogP contribution is 2.78. The standard InChI is InChI=1S/C28H40N2O7/c1-16(29-24(34)22(33)15-17-7-8-20(31)21(32)14-17)25(35)30-12-5-6-19(30)26(36)37-13-10-18-9-11-28(4)23(18)27(28,2)3/h7-8,14,16,18-19,22-23,31-33H,5-6,9-13,15H2,1-4H3,(H,29,34). The summed E-state index contributed by atoms with van der Waals surface area (Å²) in [6.45, 7) is 9.31. The van der Waals surface area contributed by atoms with E-state index in [1.54, 1.807) is 0 Å². The van der Waals surface area contributed by atoms with Crippen LogP contribution in [0.2, 0.25) is 0 Å². The number of nitrogens with zero attached hydrogens (tertiary/aromatic N) is 1. The second-order valence-corrected chi connectivity index (χ2v) is 11.8. The van der Waals surface area contributed by atoms with E-state index in [1.165, 1.54) is 42.9 Å². The lowest BCUT2D eigenvalue weighted by Gasteiger charge is -2.27. The number of hydrogen-bond donors (Lipinski definition) is 4. The monoisotopic (exact) mass is 516 g/mol. The Morgan fingerprint density at radius 1 is 1.16 bits per heavy atom. The molecule has 1 saturated heterocycles. The summed E-state index contributed by atoms with van der Waals surface area (Å²) in [4.78, 5) is 39.8. The number of aromatic hydroxyl groups is 2. The van der Waals surface area contributed by atoms with Crippen molar-refractivity contribution in [2.75, 3.05) is 13.2 Å². The average molecular weight is 517 g/mol. The van der Waals surface area contributed by atoms with Crippen LogP contribution in [0.25, 0.3) is 0 Å². The first-order valence-corrected chi connectivity index (χ1v) is 13.3. The largest absolute Gasteiger partial charge is 0.504 e.